The largest absolute Gasteiger partial charge is 0.387 e. The number of aromatic nitrogens is 4. The molecule has 0 aliphatic heterocycles. The van der Waals surface area contributed by atoms with E-state index < -0.39 is 6.10 Å². The third kappa shape index (κ3) is 2.63. The van der Waals surface area contributed by atoms with E-state index in [9.17, 15) is 5.11 Å². The lowest BCUT2D eigenvalue weighted by molar-refractivity contribution is 0.168. The van der Waals surface area contributed by atoms with E-state index in [1.54, 1.807) is 22.2 Å². The summed E-state index contributed by atoms with van der Waals surface area (Å²) in [5.74, 6) is 0.754. The van der Waals surface area contributed by atoms with Crippen molar-refractivity contribution in [3.05, 3.63) is 41.2 Å². The van der Waals surface area contributed by atoms with Gasteiger partial charge >= 0.3 is 0 Å². The van der Waals surface area contributed by atoms with Gasteiger partial charge in [-0.25, -0.2) is 4.68 Å². The van der Waals surface area contributed by atoms with Crippen molar-refractivity contribution in [1.29, 1.82) is 0 Å². The Hall–Kier alpha value is -1.99. The lowest BCUT2D eigenvalue weighted by Crippen LogP contribution is -2.00. The Bertz CT molecular complexity index is 674. The maximum atomic E-state index is 9.69. The van der Waals surface area contributed by atoms with Crippen LogP contribution in [0.15, 0.2) is 34.3 Å². The van der Waals surface area contributed by atoms with Gasteiger partial charge in [-0.15, -0.1) is 16.4 Å². The second-order valence-corrected chi connectivity index (χ2v) is 5.37. The fraction of sp³-hybridized carbons (Fsp3) is 0.308. The Morgan fingerprint density at radius 2 is 2.40 bits per heavy atom. The van der Waals surface area contributed by atoms with E-state index in [4.69, 9.17) is 4.52 Å². The van der Waals surface area contributed by atoms with Crippen LogP contribution in [0, 0.1) is 0 Å². The van der Waals surface area contributed by atoms with Crippen LogP contribution in [0.1, 0.15) is 30.8 Å². The molecule has 104 valence electrons. The second-order valence-electron chi connectivity index (χ2n) is 4.42. The average molecular weight is 290 g/mol. The number of nitrogens with zero attached hydrogens (tertiary/aromatic N) is 4. The summed E-state index contributed by atoms with van der Waals surface area (Å²) in [6, 6.07) is 5.85. The Morgan fingerprint density at radius 3 is 3.15 bits per heavy atom. The summed E-state index contributed by atoms with van der Waals surface area (Å²) in [4.78, 5) is 1.05. The SMILES string of the molecule is CCC(O)c1cn(Cc2cc(-c3cccs3)on2)nn1. The predicted octanol–water partition coefficient (Wildman–Crippen LogP) is 2.49. The quantitative estimate of drug-likeness (QED) is 0.781. The Kier molecular flexibility index (Phi) is 3.62. The normalized spacial score (nSPS) is 12.7. The van der Waals surface area contributed by atoms with E-state index in [0.717, 1.165) is 16.3 Å². The lowest BCUT2D eigenvalue weighted by atomic mass is 10.2. The molecule has 0 aromatic carbocycles. The molecular formula is C13H14N4O2S. The van der Waals surface area contributed by atoms with E-state index in [1.807, 2.05) is 30.5 Å². The molecule has 0 fully saturated rings. The molecule has 1 N–H and O–H groups in total. The first kappa shape index (κ1) is 13.0. The summed E-state index contributed by atoms with van der Waals surface area (Å²) in [5.41, 5.74) is 1.35. The molecule has 0 spiro atoms. The summed E-state index contributed by atoms with van der Waals surface area (Å²) in [6.07, 6.45) is 1.78. The number of aliphatic hydroxyl groups is 1. The molecule has 3 rings (SSSR count). The molecule has 1 atom stereocenters. The van der Waals surface area contributed by atoms with Crippen LogP contribution < -0.4 is 0 Å². The van der Waals surface area contributed by atoms with Crippen molar-refractivity contribution in [2.75, 3.05) is 0 Å². The summed E-state index contributed by atoms with van der Waals surface area (Å²) in [6.45, 7) is 2.37. The summed E-state index contributed by atoms with van der Waals surface area (Å²) in [7, 11) is 0. The maximum absolute atomic E-state index is 9.69. The number of thiophene rings is 1. The van der Waals surface area contributed by atoms with Gasteiger partial charge in [0.25, 0.3) is 0 Å². The summed E-state index contributed by atoms with van der Waals surface area (Å²) in [5, 5.41) is 23.6. The molecule has 0 saturated carbocycles. The van der Waals surface area contributed by atoms with Gasteiger partial charge in [-0.1, -0.05) is 23.4 Å². The average Bonchev–Trinajstić information content (AvgIpc) is 3.19. The van der Waals surface area contributed by atoms with Crippen LogP contribution in [0.3, 0.4) is 0 Å². The van der Waals surface area contributed by atoms with E-state index >= 15 is 0 Å². The van der Waals surface area contributed by atoms with E-state index in [2.05, 4.69) is 15.5 Å². The summed E-state index contributed by atoms with van der Waals surface area (Å²) < 4.78 is 6.95. The van der Waals surface area contributed by atoms with Crippen molar-refractivity contribution in [3.63, 3.8) is 0 Å². The predicted molar refractivity (Wildman–Crippen MR) is 74.2 cm³/mol. The van der Waals surface area contributed by atoms with Crippen LogP contribution in [0.4, 0.5) is 0 Å². The molecule has 3 heterocycles. The molecule has 0 saturated heterocycles. The van der Waals surface area contributed by atoms with Crippen molar-refractivity contribution < 1.29 is 9.63 Å². The Morgan fingerprint density at radius 1 is 1.50 bits per heavy atom. The van der Waals surface area contributed by atoms with E-state index in [1.165, 1.54) is 0 Å². The van der Waals surface area contributed by atoms with Crippen LogP contribution in [-0.2, 0) is 6.54 Å². The van der Waals surface area contributed by atoms with Crippen molar-refractivity contribution in [1.82, 2.24) is 20.2 Å². The first-order chi connectivity index (χ1) is 9.76. The molecule has 7 heteroatoms. The van der Waals surface area contributed by atoms with Gasteiger partial charge in [0.05, 0.1) is 23.7 Å². The number of aliphatic hydroxyl groups excluding tert-OH is 1. The molecule has 6 nitrogen and oxygen atoms in total. The lowest BCUT2D eigenvalue weighted by Gasteiger charge is -2.00. The Labute approximate surface area is 119 Å². The van der Waals surface area contributed by atoms with Crippen LogP contribution in [0.25, 0.3) is 10.6 Å². The molecule has 0 aliphatic carbocycles. The van der Waals surface area contributed by atoms with Gasteiger partial charge in [0.2, 0.25) is 0 Å². The molecule has 20 heavy (non-hydrogen) atoms. The maximum Gasteiger partial charge on any atom is 0.177 e. The molecule has 1 unspecified atom stereocenters. The molecule has 0 radical (unpaired) electrons. The van der Waals surface area contributed by atoms with Crippen LogP contribution in [0.5, 0.6) is 0 Å². The fourth-order valence-corrected chi connectivity index (χ4v) is 2.51. The van der Waals surface area contributed by atoms with Gasteiger partial charge in [-0.05, 0) is 17.9 Å². The monoisotopic (exact) mass is 290 g/mol. The van der Waals surface area contributed by atoms with Gasteiger partial charge in [0.1, 0.15) is 11.4 Å². The number of hydrogen-bond donors (Lipinski definition) is 1. The molecule has 0 amide bonds. The van der Waals surface area contributed by atoms with Gasteiger partial charge < -0.3 is 9.63 Å². The van der Waals surface area contributed by atoms with Gasteiger partial charge in [-0.3, -0.25) is 0 Å². The zero-order valence-corrected chi connectivity index (χ0v) is 11.7. The standard InChI is InChI=1S/C13H14N4O2S/c1-2-11(18)10-8-17(16-14-10)7-9-6-12(19-15-9)13-4-3-5-20-13/h3-6,8,11,18H,2,7H2,1H3. The van der Waals surface area contributed by atoms with E-state index in [0.29, 0.717) is 18.7 Å². The molecule has 0 bridgehead atoms. The smallest absolute Gasteiger partial charge is 0.177 e. The van der Waals surface area contributed by atoms with Crippen molar-refractivity contribution in [2.24, 2.45) is 0 Å². The highest BCUT2D eigenvalue weighted by Gasteiger charge is 2.12. The molecule has 3 aromatic rings. The minimum atomic E-state index is -0.567. The number of rotatable bonds is 5. The highest BCUT2D eigenvalue weighted by Crippen LogP contribution is 2.25. The first-order valence-electron chi connectivity index (χ1n) is 6.34. The Balaban J connectivity index is 1.73. The van der Waals surface area contributed by atoms with Crippen molar-refractivity contribution in [2.45, 2.75) is 26.0 Å². The fourth-order valence-electron chi connectivity index (χ4n) is 1.84. The van der Waals surface area contributed by atoms with E-state index in [-0.39, 0.29) is 0 Å². The summed E-state index contributed by atoms with van der Waals surface area (Å²) >= 11 is 1.61. The first-order valence-corrected chi connectivity index (χ1v) is 7.21. The minimum Gasteiger partial charge on any atom is -0.387 e. The van der Waals surface area contributed by atoms with Gasteiger partial charge in [-0.2, -0.15) is 0 Å². The molecule has 3 aromatic heterocycles. The topological polar surface area (TPSA) is 77.0 Å². The van der Waals surface area contributed by atoms with Crippen LogP contribution in [0.2, 0.25) is 0 Å². The minimum absolute atomic E-state index is 0.471. The van der Waals surface area contributed by atoms with Crippen molar-refractivity contribution in [3.8, 4) is 10.6 Å². The molecular weight excluding hydrogens is 276 g/mol. The zero-order valence-electron chi connectivity index (χ0n) is 10.9. The van der Waals surface area contributed by atoms with Crippen molar-refractivity contribution >= 4 is 11.3 Å². The third-order valence-electron chi connectivity index (χ3n) is 2.93. The highest BCUT2D eigenvalue weighted by molar-refractivity contribution is 7.13. The van der Waals surface area contributed by atoms with Gasteiger partial charge in [0.15, 0.2) is 5.76 Å². The van der Waals surface area contributed by atoms with Crippen LogP contribution >= 0.6 is 11.3 Å². The molecule has 0 aliphatic rings. The highest BCUT2D eigenvalue weighted by atomic mass is 32.1. The van der Waals surface area contributed by atoms with Crippen LogP contribution in [-0.4, -0.2) is 25.3 Å². The second kappa shape index (κ2) is 5.56. The van der Waals surface area contributed by atoms with Gasteiger partial charge in [0, 0.05) is 6.07 Å². The third-order valence-corrected chi connectivity index (χ3v) is 3.82. The zero-order chi connectivity index (χ0) is 13.9. The number of hydrogen-bond acceptors (Lipinski definition) is 6.